The Morgan fingerprint density at radius 2 is 1.81 bits per heavy atom. The van der Waals surface area contributed by atoms with Crippen LogP contribution in [0, 0.1) is 0 Å². The summed E-state index contributed by atoms with van der Waals surface area (Å²) in [5, 5.41) is 2.75. The maximum atomic E-state index is 12.4. The van der Waals surface area contributed by atoms with E-state index in [1.807, 2.05) is 13.8 Å². The van der Waals surface area contributed by atoms with Crippen LogP contribution in [0.5, 0.6) is 5.75 Å². The maximum Gasteiger partial charge on any atom is 0.255 e. The molecule has 0 fully saturated rings. The van der Waals surface area contributed by atoms with Crippen LogP contribution in [0.25, 0.3) is 0 Å². The lowest BCUT2D eigenvalue weighted by molar-refractivity contribution is 0.102. The van der Waals surface area contributed by atoms with Gasteiger partial charge in [0.2, 0.25) is 10.0 Å². The number of benzene rings is 2. The minimum absolute atomic E-state index is 0.0768. The molecule has 0 saturated carbocycles. The first-order valence-electron chi connectivity index (χ1n) is 8.60. The van der Waals surface area contributed by atoms with Crippen LogP contribution in [0.2, 0.25) is 0 Å². The van der Waals surface area contributed by atoms with Crippen molar-refractivity contribution in [1.29, 1.82) is 0 Å². The number of carbonyl (C=O) groups excluding carboxylic acids is 1. The van der Waals surface area contributed by atoms with Crippen LogP contribution in [-0.2, 0) is 10.0 Å². The summed E-state index contributed by atoms with van der Waals surface area (Å²) in [6, 6.07) is 13.0. The Kier molecular flexibility index (Phi) is 7.17. The number of hydrogen-bond acceptors (Lipinski definition) is 4. The van der Waals surface area contributed by atoms with Gasteiger partial charge in [0.05, 0.1) is 11.5 Å². The molecule has 2 aromatic carbocycles. The average Bonchev–Trinajstić information content (AvgIpc) is 2.64. The van der Waals surface area contributed by atoms with Crippen molar-refractivity contribution in [1.82, 2.24) is 4.72 Å². The van der Waals surface area contributed by atoms with E-state index in [2.05, 4.69) is 10.0 Å². The van der Waals surface area contributed by atoms with Gasteiger partial charge in [-0.15, -0.1) is 0 Å². The van der Waals surface area contributed by atoms with Crippen molar-refractivity contribution in [2.24, 2.45) is 0 Å². The third-order valence-electron chi connectivity index (χ3n) is 3.65. The van der Waals surface area contributed by atoms with Gasteiger partial charge in [-0.1, -0.05) is 19.4 Å². The van der Waals surface area contributed by atoms with E-state index in [-0.39, 0.29) is 16.4 Å². The molecule has 2 N–H and O–H groups in total. The van der Waals surface area contributed by atoms with Gasteiger partial charge in [-0.2, -0.15) is 0 Å². The number of carbonyl (C=O) groups is 1. The molecule has 6 nitrogen and oxygen atoms in total. The van der Waals surface area contributed by atoms with Gasteiger partial charge < -0.3 is 10.1 Å². The van der Waals surface area contributed by atoms with Crippen LogP contribution < -0.4 is 14.8 Å². The van der Waals surface area contributed by atoms with Crippen molar-refractivity contribution in [3.8, 4) is 5.75 Å². The van der Waals surface area contributed by atoms with Gasteiger partial charge in [-0.05, 0) is 55.8 Å². The summed E-state index contributed by atoms with van der Waals surface area (Å²) in [5.74, 6) is 0.344. The van der Waals surface area contributed by atoms with E-state index in [9.17, 15) is 13.2 Å². The first-order chi connectivity index (χ1) is 12.5. The van der Waals surface area contributed by atoms with E-state index in [1.165, 1.54) is 12.1 Å². The summed E-state index contributed by atoms with van der Waals surface area (Å²) >= 11 is 0. The molecule has 0 spiro atoms. The fourth-order valence-electron chi connectivity index (χ4n) is 2.28. The summed E-state index contributed by atoms with van der Waals surface area (Å²) in [7, 11) is -3.62. The predicted molar refractivity (Wildman–Crippen MR) is 102 cm³/mol. The number of ether oxygens (including phenoxy) is 1. The Morgan fingerprint density at radius 3 is 2.46 bits per heavy atom. The van der Waals surface area contributed by atoms with E-state index in [4.69, 9.17) is 4.74 Å². The number of nitrogens with one attached hydrogen (secondary N) is 2. The van der Waals surface area contributed by atoms with Crippen LogP contribution in [0.1, 0.15) is 37.0 Å². The predicted octanol–water partition coefficient (Wildman–Crippen LogP) is 3.42. The Hall–Kier alpha value is -2.38. The lowest BCUT2D eigenvalue weighted by atomic mass is 10.2. The molecule has 0 aliphatic rings. The molecular weight excluding hydrogens is 352 g/mol. The minimum atomic E-state index is -3.62. The van der Waals surface area contributed by atoms with Gasteiger partial charge in [0.25, 0.3) is 5.91 Å². The molecule has 2 aromatic rings. The zero-order valence-corrected chi connectivity index (χ0v) is 15.8. The number of amides is 1. The smallest absolute Gasteiger partial charge is 0.255 e. The van der Waals surface area contributed by atoms with Gasteiger partial charge in [-0.25, -0.2) is 13.1 Å². The van der Waals surface area contributed by atoms with Crippen LogP contribution >= 0.6 is 0 Å². The molecule has 0 aliphatic carbocycles. The molecule has 0 aromatic heterocycles. The molecule has 0 radical (unpaired) electrons. The first-order valence-corrected chi connectivity index (χ1v) is 10.1. The fraction of sp³-hybridized carbons (Fsp3) is 0.316. The largest absolute Gasteiger partial charge is 0.494 e. The molecule has 7 heteroatoms. The zero-order chi connectivity index (χ0) is 19.0. The summed E-state index contributed by atoms with van der Waals surface area (Å²) in [6.07, 6.45) is 1.66. The second kappa shape index (κ2) is 9.35. The molecule has 0 aliphatic heterocycles. The van der Waals surface area contributed by atoms with Gasteiger partial charge in [0.15, 0.2) is 0 Å². The van der Waals surface area contributed by atoms with Gasteiger partial charge in [-0.3, -0.25) is 4.79 Å². The number of anilines is 1. The van der Waals surface area contributed by atoms with Crippen molar-refractivity contribution < 1.29 is 17.9 Å². The highest BCUT2D eigenvalue weighted by Crippen LogP contribution is 2.17. The summed E-state index contributed by atoms with van der Waals surface area (Å²) in [5.41, 5.74) is 0.880. The molecule has 0 bridgehead atoms. The van der Waals surface area contributed by atoms with Crippen molar-refractivity contribution in [2.45, 2.75) is 31.6 Å². The van der Waals surface area contributed by atoms with Gasteiger partial charge >= 0.3 is 0 Å². The maximum absolute atomic E-state index is 12.4. The second-order valence-corrected chi connectivity index (χ2v) is 7.46. The number of sulfonamides is 1. The van der Waals surface area contributed by atoms with Crippen molar-refractivity contribution in [3.05, 3.63) is 54.1 Å². The molecule has 2 rings (SSSR count). The number of rotatable bonds is 9. The second-order valence-electron chi connectivity index (χ2n) is 5.69. The van der Waals surface area contributed by atoms with Gasteiger partial charge in [0, 0.05) is 17.8 Å². The minimum Gasteiger partial charge on any atom is -0.494 e. The normalized spacial score (nSPS) is 11.2. The molecule has 140 valence electrons. The summed E-state index contributed by atoms with van der Waals surface area (Å²) < 4.78 is 32.5. The van der Waals surface area contributed by atoms with Crippen molar-refractivity contribution in [3.63, 3.8) is 0 Å². The van der Waals surface area contributed by atoms with Crippen LogP contribution in [0.4, 0.5) is 5.69 Å². The third-order valence-corrected chi connectivity index (χ3v) is 5.11. The van der Waals surface area contributed by atoms with E-state index in [0.717, 1.165) is 18.6 Å². The highest BCUT2D eigenvalue weighted by atomic mass is 32.2. The topological polar surface area (TPSA) is 84.5 Å². The highest BCUT2D eigenvalue weighted by molar-refractivity contribution is 7.89. The lowest BCUT2D eigenvalue weighted by Crippen LogP contribution is -2.25. The molecule has 1 amide bonds. The lowest BCUT2D eigenvalue weighted by Gasteiger charge is -2.09. The average molecular weight is 376 g/mol. The highest BCUT2D eigenvalue weighted by Gasteiger charge is 2.15. The zero-order valence-electron chi connectivity index (χ0n) is 15.0. The van der Waals surface area contributed by atoms with E-state index in [0.29, 0.717) is 18.8 Å². The molecule has 0 heterocycles. The SMILES string of the molecule is CCCCNS(=O)(=O)c1cccc(C(=O)Nc2ccc(OCC)cc2)c1. The molecule has 0 unspecified atom stereocenters. The fourth-order valence-corrected chi connectivity index (χ4v) is 3.40. The monoisotopic (exact) mass is 376 g/mol. The van der Waals surface area contributed by atoms with Crippen LogP contribution in [0.15, 0.2) is 53.4 Å². The molecule has 0 saturated heterocycles. The Balaban J connectivity index is 2.09. The van der Waals surface area contributed by atoms with E-state index < -0.39 is 10.0 Å². The standard InChI is InChI=1S/C19H24N2O4S/c1-3-5-13-20-26(23,24)18-8-6-7-15(14-18)19(22)21-16-9-11-17(12-10-16)25-4-2/h6-12,14,20H,3-5,13H2,1-2H3,(H,21,22). The molecule has 0 atom stereocenters. The summed E-state index contributed by atoms with van der Waals surface area (Å²) in [6.45, 7) is 4.83. The number of hydrogen-bond donors (Lipinski definition) is 2. The Morgan fingerprint density at radius 1 is 1.08 bits per heavy atom. The third kappa shape index (κ3) is 5.57. The molecular formula is C19H24N2O4S. The van der Waals surface area contributed by atoms with E-state index in [1.54, 1.807) is 36.4 Å². The number of unbranched alkanes of at least 4 members (excludes halogenated alkanes) is 1. The van der Waals surface area contributed by atoms with Crippen molar-refractivity contribution in [2.75, 3.05) is 18.5 Å². The first kappa shape index (κ1) is 19.9. The van der Waals surface area contributed by atoms with Gasteiger partial charge in [0.1, 0.15) is 5.75 Å². The molecule has 26 heavy (non-hydrogen) atoms. The Bertz CT molecular complexity index is 833. The summed E-state index contributed by atoms with van der Waals surface area (Å²) in [4.78, 5) is 12.5. The van der Waals surface area contributed by atoms with Crippen molar-refractivity contribution >= 4 is 21.6 Å². The van der Waals surface area contributed by atoms with Crippen LogP contribution in [-0.4, -0.2) is 27.5 Å². The van der Waals surface area contributed by atoms with Crippen LogP contribution in [0.3, 0.4) is 0 Å². The quantitative estimate of drug-likeness (QED) is 0.657. The van der Waals surface area contributed by atoms with E-state index >= 15 is 0 Å². The Labute approximate surface area is 154 Å².